The average Bonchev–Trinajstić information content (AvgIpc) is 3.24. The standard InChI is InChI=1S/C20H23N3OS/c1-12-14(3)21-22-19-17(12)13(2)18(25-19)20(24)23-10-9-16(11-23)15-7-5-4-6-8-15/h4-8,16,20,24H,9-11H2,1-3H3. The van der Waals surface area contributed by atoms with Crippen LogP contribution >= 0.6 is 11.3 Å². The van der Waals surface area contributed by atoms with Crippen LogP contribution in [0.2, 0.25) is 0 Å². The largest absolute Gasteiger partial charge is 0.373 e. The maximum Gasteiger partial charge on any atom is 0.147 e. The molecule has 1 aromatic carbocycles. The van der Waals surface area contributed by atoms with Gasteiger partial charge in [-0.2, -0.15) is 5.10 Å². The fraction of sp³-hybridized carbons (Fsp3) is 0.400. The zero-order valence-electron chi connectivity index (χ0n) is 14.9. The van der Waals surface area contributed by atoms with E-state index in [1.807, 2.05) is 6.92 Å². The van der Waals surface area contributed by atoms with Gasteiger partial charge in [-0.1, -0.05) is 30.3 Å². The van der Waals surface area contributed by atoms with E-state index in [0.717, 1.165) is 45.9 Å². The van der Waals surface area contributed by atoms with Gasteiger partial charge >= 0.3 is 0 Å². The molecule has 2 aromatic heterocycles. The molecule has 2 unspecified atom stereocenters. The van der Waals surface area contributed by atoms with Crippen LogP contribution in [0.3, 0.4) is 0 Å². The summed E-state index contributed by atoms with van der Waals surface area (Å²) < 4.78 is 0. The van der Waals surface area contributed by atoms with Crippen LogP contribution in [0.5, 0.6) is 0 Å². The van der Waals surface area contributed by atoms with Gasteiger partial charge in [0, 0.05) is 18.5 Å². The number of thiophene rings is 1. The van der Waals surface area contributed by atoms with Crippen LogP contribution in [0, 0.1) is 20.8 Å². The van der Waals surface area contributed by atoms with Crippen molar-refractivity contribution < 1.29 is 5.11 Å². The second-order valence-corrected chi connectivity index (χ2v) is 7.98. The average molecular weight is 353 g/mol. The Labute approximate surface area is 152 Å². The van der Waals surface area contributed by atoms with Gasteiger partial charge in [-0.3, -0.25) is 4.90 Å². The summed E-state index contributed by atoms with van der Waals surface area (Å²) in [6, 6.07) is 10.6. The first-order valence-corrected chi connectivity index (χ1v) is 9.58. The van der Waals surface area contributed by atoms with Crippen molar-refractivity contribution >= 4 is 21.6 Å². The van der Waals surface area contributed by atoms with Gasteiger partial charge in [0.1, 0.15) is 11.1 Å². The molecule has 0 bridgehead atoms. The third kappa shape index (κ3) is 2.86. The molecule has 5 heteroatoms. The third-order valence-electron chi connectivity index (χ3n) is 5.44. The Hall–Kier alpha value is -1.82. The number of aromatic nitrogens is 2. The molecule has 4 nitrogen and oxygen atoms in total. The molecule has 1 fully saturated rings. The Morgan fingerprint density at radius 2 is 1.88 bits per heavy atom. The van der Waals surface area contributed by atoms with Crippen molar-refractivity contribution in [1.29, 1.82) is 0 Å². The van der Waals surface area contributed by atoms with Crippen molar-refractivity contribution in [3.63, 3.8) is 0 Å². The van der Waals surface area contributed by atoms with Gasteiger partial charge in [0.2, 0.25) is 0 Å². The van der Waals surface area contributed by atoms with Crippen molar-refractivity contribution in [3.8, 4) is 0 Å². The monoisotopic (exact) mass is 353 g/mol. The number of rotatable bonds is 3. The first-order chi connectivity index (χ1) is 12.1. The fourth-order valence-corrected chi connectivity index (χ4v) is 5.03. The predicted octanol–water partition coefficient (Wildman–Crippen LogP) is 4.10. The summed E-state index contributed by atoms with van der Waals surface area (Å²) in [5.41, 5.74) is 4.63. The number of nitrogens with zero attached hydrogens (tertiary/aromatic N) is 3. The summed E-state index contributed by atoms with van der Waals surface area (Å²) >= 11 is 1.57. The molecule has 130 valence electrons. The van der Waals surface area contributed by atoms with Crippen molar-refractivity contribution in [2.45, 2.75) is 39.3 Å². The normalized spacial score (nSPS) is 19.6. The van der Waals surface area contributed by atoms with E-state index in [2.05, 4.69) is 59.3 Å². The Balaban J connectivity index is 1.62. The predicted molar refractivity (Wildman–Crippen MR) is 102 cm³/mol. The molecule has 1 saturated heterocycles. The molecular weight excluding hydrogens is 330 g/mol. The van der Waals surface area contributed by atoms with Crippen LogP contribution in [0.15, 0.2) is 30.3 Å². The van der Waals surface area contributed by atoms with E-state index in [-0.39, 0.29) is 0 Å². The summed E-state index contributed by atoms with van der Waals surface area (Å²) in [6.07, 6.45) is 0.524. The minimum Gasteiger partial charge on any atom is -0.373 e. The van der Waals surface area contributed by atoms with Crippen LogP contribution in [0.4, 0.5) is 0 Å². The molecule has 3 heterocycles. The van der Waals surface area contributed by atoms with E-state index >= 15 is 0 Å². The number of likely N-dealkylation sites (tertiary alicyclic amines) is 1. The van der Waals surface area contributed by atoms with Crippen molar-refractivity contribution in [2.75, 3.05) is 13.1 Å². The number of aliphatic hydroxyl groups excluding tert-OH is 1. The summed E-state index contributed by atoms with van der Waals surface area (Å²) in [6.45, 7) is 7.97. The smallest absolute Gasteiger partial charge is 0.147 e. The van der Waals surface area contributed by atoms with Crippen molar-refractivity contribution in [1.82, 2.24) is 15.1 Å². The number of fused-ring (bicyclic) bond motifs is 1. The first-order valence-electron chi connectivity index (χ1n) is 8.76. The second-order valence-electron chi connectivity index (χ2n) is 6.95. The third-order valence-corrected chi connectivity index (χ3v) is 6.66. The molecule has 2 atom stereocenters. The molecule has 0 saturated carbocycles. The number of hydrogen-bond donors (Lipinski definition) is 1. The second kappa shape index (κ2) is 6.48. The molecule has 1 aliphatic rings. The van der Waals surface area contributed by atoms with Gasteiger partial charge in [-0.25, -0.2) is 0 Å². The Bertz CT molecular complexity index is 906. The quantitative estimate of drug-likeness (QED) is 0.770. The van der Waals surface area contributed by atoms with Crippen LogP contribution in [-0.4, -0.2) is 33.3 Å². The maximum absolute atomic E-state index is 11.0. The van der Waals surface area contributed by atoms with Crippen LogP contribution < -0.4 is 0 Å². The molecule has 1 N–H and O–H groups in total. The first kappa shape index (κ1) is 16.6. The van der Waals surface area contributed by atoms with Crippen molar-refractivity contribution in [3.05, 3.63) is 57.6 Å². The Morgan fingerprint density at radius 3 is 2.64 bits per heavy atom. The van der Waals surface area contributed by atoms with Crippen LogP contribution in [0.1, 0.15) is 45.8 Å². The van der Waals surface area contributed by atoms with E-state index in [9.17, 15) is 5.11 Å². The highest BCUT2D eigenvalue weighted by Gasteiger charge is 2.31. The van der Waals surface area contributed by atoms with Crippen LogP contribution in [-0.2, 0) is 0 Å². The number of benzene rings is 1. The van der Waals surface area contributed by atoms with Gasteiger partial charge in [-0.05, 0) is 49.8 Å². The molecule has 0 amide bonds. The summed E-state index contributed by atoms with van der Waals surface area (Å²) in [4.78, 5) is 4.12. The zero-order valence-corrected chi connectivity index (χ0v) is 15.7. The highest BCUT2D eigenvalue weighted by atomic mass is 32.1. The minimum atomic E-state index is -0.562. The number of aryl methyl sites for hydroxylation is 3. The highest BCUT2D eigenvalue weighted by molar-refractivity contribution is 7.18. The lowest BCUT2D eigenvalue weighted by Crippen LogP contribution is -2.26. The Morgan fingerprint density at radius 1 is 1.12 bits per heavy atom. The summed E-state index contributed by atoms with van der Waals surface area (Å²) in [7, 11) is 0. The summed E-state index contributed by atoms with van der Waals surface area (Å²) in [5, 5.41) is 20.7. The molecule has 4 rings (SSSR count). The van der Waals surface area contributed by atoms with Gasteiger partial charge in [-0.15, -0.1) is 16.4 Å². The SMILES string of the molecule is Cc1nnc2sc(C(O)N3CCC(c4ccccc4)C3)c(C)c2c1C. The van der Waals surface area contributed by atoms with Gasteiger partial charge < -0.3 is 5.11 Å². The van der Waals surface area contributed by atoms with E-state index in [0.29, 0.717) is 5.92 Å². The van der Waals surface area contributed by atoms with Gasteiger partial charge in [0.15, 0.2) is 0 Å². The number of aliphatic hydroxyl groups is 1. The van der Waals surface area contributed by atoms with Gasteiger partial charge in [0.25, 0.3) is 0 Å². The number of hydrogen-bond acceptors (Lipinski definition) is 5. The fourth-order valence-electron chi connectivity index (χ4n) is 3.82. The molecule has 0 radical (unpaired) electrons. The molecule has 0 spiro atoms. The minimum absolute atomic E-state index is 0.495. The van der Waals surface area contributed by atoms with E-state index in [1.165, 1.54) is 11.1 Å². The lowest BCUT2D eigenvalue weighted by atomic mass is 9.99. The van der Waals surface area contributed by atoms with Gasteiger partial charge in [0.05, 0.1) is 10.6 Å². The highest BCUT2D eigenvalue weighted by Crippen LogP contribution is 2.39. The molecular formula is C20H23N3OS. The lowest BCUT2D eigenvalue weighted by Gasteiger charge is -2.23. The topological polar surface area (TPSA) is 49.3 Å². The van der Waals surface area contributed by atoms with E-state index in [4.69, 9.17) is 0 Å². The molecule has 25 heavy (non-hydrogen) atoms. The molecule has 0 aliphatic carbocycles. The van der Waals surface area contributed by atoms with E-state index < -0.39 is 6.23 Å². The Kier molecular flexibility index (Phi) is 4.31. The molecule has 3 aromatic rings. The molecule has 1 aliphatic heterocycles. The van der Waals surface area contributed by atoms with Crippen LogP contribution in [0.25, 0.3) is 10.2 Å². The summed E-state index contributed by atoms with van der Waals surface area (Å²) in [5.74, 6) is 0.495. The van der Waals surface area contributed by atoms with Crippen molar-refractivity contribution in [2.24, 2.45) is 0 Å². The lowest BCUT2D eigenvalue weighted by molar-refractivity contribution is 0.0206. The maximum atomic E-state index is 11.0. The van der Waals surface area contributed by atoms with E-state index in [1.54, 1.807) is 11.3 Å². The zero-order chi connectivity index (χ0) is 17.6.